The van der Waals surface area contributed by atoms with E-state index in [9.17, 15) is 4.79 Å². The summed E-state index contributed by atoms with van der Waals surface area (Å²) in [5.74, 6) is -0.00463. The Morgan fingerprint density at radius 1 is 1.44 bits per heavy atom. The molecule has 0 unspecified atom stereocenters. The highest BCUT2D eigenvalue weighted by atomic mass is 35.5. The number of hydrogen-bond acceptors (Lipinski definition) is 1. The zero-order valence-electron chi connectivity index (χ0n) is 5.37. The Morgan fingerprint density at radius 2 is 1.89 bits per heavy atom. The average molecular weight is 167 g/mol. The van der Waals surface area contributed by atoms with Crippen LogP contribution in [0.15, 0.2) is 10.1 Å². The van der Waals surface area contributed by atoms with Crippen molar-refractivity contribution < 1.29 is 4.79 Å². The first kappa shape index (κ1) is 8.99. The van der Waals surface area contributed by atoms with Gasteiger partial charge >= 0.3 is 0 Å². The normalized spacial score (nSPS) is 8.89. The van der Waals surface area contributed by atoms with E-state index in [0.29, 0.717) is 12.0 Å². The molecule has 52 valence electrons. The van der Waals surface area contributed by atoms with E-state index in [1.54, 1.807) is 13.8 Å². The van der Waals surface area contributed by atoms with Crippen LogP contribution in [0.5, 0.6) is 0 Å². The van der Waals surface area contributed by atoms with Gasteiger partial charge in [0.15, 0.2) is 5.78 Å². The number of carbonyl (C=O) groups excluding carboxylic acids is 1. The zero-order chi connectivity index (χ0) is 7.44. The Bertz CT molecular complexity index is 145. The number of hydrogen-bond donors (Lipinski definition) is 0. The third-order valence-electron chi connectivity index (χ3n) is 1.02. The number of carbonyl (C=O) groups is 1. The summed E-state index contributed by atoms with van der Waals surface area (Å²) in [6.07, 6.45) is 0.453. The largest absolute Gasteiger partial charge is 0.294 e. The van der Waals surface area contributed by atoms with Crippen LogP contribution in [0.25, 0.3) is 0 Å². The molecule has 0 saturated carbocycles. The highest BCUT2D eigenvalue weighted by Gasteiger charge is 2.03. The molecule has 0 atom stereocenters. The van der Waals surface area contributed by atoms with Crippen molar-refractivity contribution in [2.45, 2.75) is 20.3 Å². The summed E-state index contributed by atoms with van der Waals surface area (Å²) in [6, 6.07) is 0. The molecular weight excluding hydrogens is 159 g/mol. The van der Waals surface area contributed by atoms with Gasteiger partial charge in [-0.05, 0) is 6.92 Å². The van der Waals surface area contributed by atoms with Crippen molar-refractivity contribution in [2.24, 2.45) is 0 Å². The topological polar surface area (TPSA) is 17.1 Å². The first-order valence-corrected chi connectivity index (χ1v) is 3.40. The van der Waals surface area contributed by atoms with Gasteiger partial charge in [0.25, 0.3) is 0 Å². The second-order valence-electron chi connectivity index (χ2n) is 1.66. The number of ketones is 1. The molecule has 0 bridgehead atoms. The lowest BCUT2D eigenvalue weighted by Crippen LogP contribution is -1.96. The lowest BCUT2D eigenvalue weighted by Gasteiger charge is -1.94. The van der Waals surface area contributed by atoms with Gasteiger partial charge in [0, 0.05) is 12.0 Å². The maximum Gasteiger partial charge on any atom is 0.160 e. The fraction of sp³-hybridized carbons (Fsp3) is 0.500. The highest BCUT2D eigenvalue weighted by Crippen LogP contribution is 2.14. The van der Waals surface area contributed by atoms with Crippen LogP contribution in [-0.4, -0.2) is 5.78 Å². The molecule has 9 heavy (non-hydrogen) atoms. The minimum atomic E-state index is -0.00463. The third kappa shape index (κ3) is 2.87. The highest BCUT2D eigenvalue weighted by molar-refractivity contribution is 6.57. The van der Waals surface area contributed by atoms with E-state index >= 15 is 0 Å². The predicted molar refractivity (Wildman–Crippen MR) is 39.7 cm³/mol. The summed E-state index contributed by atoms with van der Waals surface area (Å²) in [5.41, 5.74) is 0.445. The number of halogens is 2. The molecule has 0 aliphatic rings. The molecular formula is C6H8Cl2O. The lowest BCUT2D eigenvalue weighted by atomic mass is 10.2. The van der Waals surface area contributed by atoms with Crippen LogP contribution >= 0.6 is 23.2 Å². The lowest BCUT2D eigenvalue weighted by molar-refractivity contribution is -0.115. The predicted octanol–water partition coefficient (Wildman–Crippen LogP) is 2.67. The number of Topliss-reactive ketones (excluding diaryl/α,β-unsaturated/α-hetero) is 1. The second kappa shape index (κ2) is 3.91. The van der Waals surface area contributed by atoms with E-state index in [-0.39, 0.29) is 10.3 Å². The molecule has 0 radical (unpaired) electrons. The Hall–Kier alpha value is -0.0100. The monoisotopic (exact) mass is 166 g/mol. The second-order valence-corrected chi connectivity index (χ2v) is 2.61. The molecule has 1 nitrogen and oxygen atoms in total. The molecule has 0 saturated heterocycles. The molecule has 0 heterocycles. The van der Waals surface area contributed by atoms with Gasteiger partial charge < -0.3 is 0 Å². The first-order chi connectivity index (χ1) is 4.09. The molecule has 0 aromatic rings. The quantitative estimate of drug-likeness (QED) is 0.577. The Kier molecular flexibility index (Phi) is 3.91. The smallest absolute Gasteiger partial charge is 0.160 e. The molecule has 0 rings (SSSR count). The van der Waals surface area contributed by atoms with Crippen molar-refractivity contribution in [3.63, 3.8) is 0 Å². The molecule has 3 heteroatoms. The maximum absolute atomic E-state index is 10.7. The summed E-state index contributed by atoms with van der Waals surface area (Å²) in [6.45, 7) is 3.38. The summed E-state index contributed by atoms with van der Waals surface area (Å²) < 4.78 is 0.0712. The van der Waals surface area contributed by atoms with Crippen LogP contribution in [-0.2, 0) is 4.79 Å². The molecule has 0 aliphatic carbocycles. The number of allylic oxidation sites excluding steroid dienone is 1. The van der Waals surface area contributed by atoms with E-state index in [1.807, 2.05) is 0 Å². The van der Waals surface area contributed by atoms with E-state index < -0.39 is 0 Å². The van der Waals surface area contributed by atoms with Gasteiger partial charge in [0.2, 0.25) is 0 Å². The van der Waals surface area contributed by atoms with Crippen LogP contribution in [0.3, 0.4) is 0 Å². The SMILES string of the molecule is CCC(=O)C(C)=C(Cl)Cl. The minimum absolute atomic E-state index is 0.00463. The Balaban J connectivity index is 4.21. The zero-order valence-corrected chi connectivity index (χ0v) is 6.88. The summed E-state index contributed by atoms with van der Waals surface area (Å²) in [4.78, 5) is 10.7. The minimum Gasteiger partial charge on any atom is -0.294 e. The maximum atomic E-state index is 10.7. The van der Waals surface area contributed by atoms with Crippen molar-refractivity contribution in [1.29, 1.82) is 0 Å². The summed E-state index contributed by atoms with van der Waals surface area (Å²) >= 11 is 10.7. The van der Waals surface area contributed by atoms with Crippen LogP contribution in [0.4, 0.5) is 0 Å². The van der Waals surface area contributed by atoms with Gasteiger partial charge in [-0.2, -0.15) is 0 Å². The van der Waals surface area contributed by atoms with E-state index in [2.05, 4.69) is 0 Å². The fourth-order valence-corrected chi connectivity index (χ4v) is 0.581. The molecule has 0 spiro atoms. The number of rotatable bonds is 2. The van der Waals surface area contributed by atoms with E-state index in [1.165, 1.54) is 0 Å². The fourth-order valence-electron chi connectivity index (χ4n) is 0.371. The van der Waals surface area contributed by atoms with Gasteiger partial charge in [-0.15, -0.1) is 0 Å². The Morgan fingerprint density at radius 3 is 2.00 bits per heavy atom. The molecule has 0 N–H and O–H groups in total. The molecule has 0 aromatic heterocycles. The van der Waals surface area contributed by atoms with E-state index in [4.69, 9.17) is 23.2 Å². The third-order valence-corrected chi connectivity index (χ3v) is 1.59. The van der Waals surface area contributed by atoms with Crippen molar-refractivity contribution >= 4 is 29.0 Å². The van der Waals surface area contributed by atoms with Crippen LogP contribution < -0.4 is 0 Å². The van der Waals surface area contributed by atoms with Crippen molar-refractivity contribution in [3.05, 3.63) is 10.1 Å². The summed E-state index contributed by atoms with van der Waals surface area (Å²) in [5, 5.41) is 0. The van der Waals surface area contributed by atoms with Crippen molar-refractivity contribution in [1.82, 2.24) is 0 Å². The van der Waals surface area contributed by atoms with Crippen LogP contribution in [0, 0.1) is 0 Å². The first-order valence-electron chi connectivity index (χ1n) is 2.64. The van der Waals surface area contributed by atoms with E-state index in [0.717, 1.165) is 0 Å². The molecule has 0 amide bonds. The van der Waals surface area contributed by atoms with Crippen molar-refractivity contribution in [3.8, 4) is 0 Å². The van der Waals surface area contributed by atoms with Crippen molar-refractivity contribution in [2.75, 3.05) is 0 Å². The van der Waals surface area contributed by atoms with Gasteiger partial charge in [0.05, 0.1) is 0 Å². The molecule has 0 aromatic carbocycles. The van der Waals surface area contributed by atoms with Gasteiger partial charge in [-0.25, -0.2) is 0 Å². The van der Waals surface area contributed by atoms with Gasteiger partial charge in [-0.1, -0.05) is 30.1 Å². The van der Waals surface area contributed by atoms with Crippen LogP contribution in [0.1, 0.15) is 20.3 Å². The Labute approximate surface area is 64.6 Å². The summed E-state index contributed by atoms with van der Waals surface area (Å²) in [7, 11) is 0. The standard InChI is InChI=1S/C6H8Cl2O/c1-3-5(9)4(2)6(7)8/h3H2,1-2H3. The van der Waals surface area contributed by atoms with Gasteiger partial charge in [-0.3, -0.25) is 4.79 Å². The molecule has 0 aliphatic heterocycles. The van der Waals surface area contributed by atoms with Gasteiger partial charge in [0.1, 0.15) is 4.49 Å². The van der Waals surface area contributed by atoms with Crippen LogP contribution in [0.2, 0.25) is 0 Å². The average Bonchev–Trinajstić information content (AvgIpc) is 1.84. The molecule has 0 fully saturated rings.